The van der Waals surface area contributed by atoms with Crippen LogP contribution in [0.4, 0.5) is 16.0 Å². The summed E-state index contributed by atoms with van der Waals surface area (Å²) in [6.07, 6.45) is 2.40. The Hall–Kier alpha value is -3.78. The quantitative estimate of drug-likeness (QED) is 0.426. The van der Waals surface area contributed by atoms with Crippen LogP contribution in [0, 0.1) is 5.82 Å². The molecule has 0 spiro atoms. The molecule has 2 aromatic carbocycles. The second-order valence-corrected chi connectivity index (χ2v) is 8.63. The van der Waals surface area contributed by atoms with E-state index in [0.29, 0.717) is 12.5 Å². The number of amides is 1. The fraction of sp³-hybridized carbons (Fsp3) is 0.160. The average Bonchev–Trinajstić information content (AvgIpc) is 3.52. The molecule has 1 N–H and O–H groups in total. The number of hydrogen-bond donors (Lipinski definition) is 1. The third kappa shape index (κ3) is 4.70. The van der Waals surface area contributed by atoms with Gasteiger partial charge in [-0.3, -0.25) is 4.79 Å². The molecule has 0 aliphatic carbocycles. The number of nitrogens with one attached hydrogen (secondary N) is 1. The number of hydrogen-bond acceptors (Lipinski definition) is 6. The Morgan fingerprint density at radius 3 is 2.79 bits per heavy atom. The topological polar surface area (TPSA) is 67.4 Å². The number of nitrogens with zero attached hydrogens (tertiary/aromatic N) is 3. The van der Waals surface area contributed by atoms with Crippen molar-refractivity contribution < 1.29 is 13.9 Å². The molecule has 0 bridgehead atoms. The van der Waals surface area contributed by atoms with Crippen LogP contribution < -0.4 is 15.0 Å². The van der Waals surface area contributed by atoms with Gasteiger partial charge in [-0.15, -0.1) is 11.3 Å². The van der Waals surface area contributed by atoms with Crippen LogP contribution in [-0.2, 0) is 19.6 Å². The van der Waals surface area contributed by atoms with Gasteiger partial charge in [0.25, 0.3) is 5.91 Å². The van der Waals surface area contributed by atoms with E-state index in [2.05, 4.69) is 21.4 Å². The molecule has 1 amide bonds. The zero-order chi connectivity index (χ0) is 22.6. The summed E-state index contributed by atoms with van der Waals surface area (Å²) in [5, 5.41) is 4.86. The van der Waals surface area contributed by atoms with Crippen LogP contribution in [0.15, 0.2) is 72.2 Å². The molecular weight excluding hydrogens is 439 g/mol. The minimum absolute atomic E-state index is 0.151. The summed E-state index contributed by atoms with van der Waals surface area (Å²) in [5.74, 6) is 0.0385. The smallest absolute Gasteiger partial charge is 0.258 e. The van der Waals surface area contributed by atoms with Gasteiger partial charge >= 0.3 is 0 Å². The van der Waals surface area contributed by atoms with Gasteiger partial charge in [-0.1, -0.05) is 36.4 Å². The first-order chi connectivity index (χ1) is 16.2. The lowest BCUT2D eigenvalue weighted by molar-refractivity contribution is 0.0945. The highest BCUT2D eigenvalue weighted by molar-refractivity contribution is 7.09. The molecule has 0 saturated carbocycles. The first kappa shape index (κ1) is 21.1. The molecule has 0 radical (unpaired) electrons. The lowest BCUT2D eigenvalue weighted by atomic mass is 10.2. The van der Waals surface area contributed by atoms with Crippen molar-refractivity contribution in [3.05, 3.63) is 99.6 Å². The summed E-state index contributed by atoms with van der Waals surface area (Å²) in [7, 11) is 0. The average molecular weight is 461 g/mol. The van der Waals surface area contributed by atoms with Crippen LogP contribution in [0.2, 0.25) is 0 Å². The maximum absolute atomic E-state index is 13.2. The van der Waals surface area contributed by atoms with Gasteiger partial charge in [-0.25, -0.2) is 9.37 Å². The molecule has 166 valence electrons. The maximum Gasteiger partial charge on any atom is 0.258 e. The predicted octanol–water partition coefficient (Wildman–Crippen LogP) is 4.88. The molecule has 2 aromatic heterocycles. The Kier molecular flexibility index (Phi) is 5.99. The van der Waals surface area contributed by atoms with Gasteiger partial charge < -0.3 is 15.0 Å². The number of carbonyl (C=O) groups excluding carboxylic acids is 1. The molecule has 33 heavy (non-hydrogen) atoms. The lowest BCUT2D eigenvalue weighted by Crippen LogP contribution is -2.25. The molecule has 8 heteroatoms. The van der Waals surface area contributed by atoms with Crippen LogP contribution in [-0.4, -0.2) is 22.4 Å². The van der Waals surface area contributed by atoms with Gasteiger partial charge in [0.2, 0.25) is 11.8 Å². The van der Waals surface area contributed by atoms with Crippen molar-refractivity contribution in [2.75, 3.05) is 11.4 Å². The molecule has 0 atom stereocenters. The minimum Gasteiger partial charge on any atom is -0.472 e. The van der Waals surface area contributed by atoms with E-state index in [0.717, 1.165) is 29.1 Å². The molecule has 1 aliphatic rings. The highest BCUT2D eigenvalue weighted by Crippen LogP contribution is 2.33. The van der Waals surface area contributed by atoms with Gasteiger partial charge in [0.1, 0.15) is 18.0 Å². The molecule has 3 heterocycles. The van der Waals surface area contributed by atoms with Gasteiger partial charge in [0, 0.05) is 23.3 Å². The zero-order valence-corrected chi connectivity index (χ0v) is 18.5. The fourth-order valence-electron chi connectivity index (χ4n) is 3.71. The number of carbonyl (C=O) groups is 1. The summed E-state index contributed by atoms with van der Waals surface area (Å²) in [5.41, 5.74) is 3.31. The van der Waals surface area contributed by atoms with Crippen molar-refractivity contribution >= 4 is 28.9 Å². The first-order valence-electron chi connectivity index (χ1n) is 10.6. The molecule has 5 rings (SSSR count). The summed E-state index contributed by atoms with van der Waals surface area (Å²) in [6, 6.07) is 18.1. The van der Waals surface area contributed by atoms with E-state index in [1.807, 2.05) is 40.6 Å². The molecule has 6 nitrogen and oxygen atoms in total. The molecular formula is C25H21FN4O2S. The molecule has 4 aromatic rings. The number of benzene rings is 2. The SMILES string of the molecule is O=C(NCc1cccs1)c1cnc(N2CCc3ccccc32)nc1OCc1ccc(F)cc1. The number of aromatic nitrogens is 2. The van der Waals surface area contributed by atoms with Crippen molar-refractivity contribution in [2.24, 2.45) is 0 Å². The Bertz CT molecular complexity index is 1260. The van der Waals surface area contributed by atoms with Crippen LogP contribution in [0.1, 0.15) is 26.4 Å². The Morgan fingerprint density at radius 2 is 1.97 bits per heavy atom. The van der Waals surface area contributed by atoms with E-state index >= 15 is 0 Å². The standard InChI is InChI=1S/C25H21FN4O2S/c26-19-9-7-17(8-10-19)16-32-24-21(23(31)27-14-20-5-3-13-33-20)15-28-25(29-24)30-12-11-18-4-1-2-6-22(18)30/h1-10,13,15H,11-12,14,16H2,(H,27,31). The number of thiophene rings is 1. The van der Waals surface area contributed by atoms with E-state index in [-0.39, 0.29) is 29.8 Å². The zero-order valence-electron chi connectivity index (χ0n) is 17.7. The number of halogens is 1. The summed E-state index contributed by atoms with van der Waals surface area (Å²) >= 11 is 1.57. The van der Waals surface area contributed by atoms with Crippen molar-refractivity contribution in [1.82, 2.24) is 15.3 Å². The van der Waals surface area contributed by atoms with Gasteiger partial charge in [0.15, 0.2) is 0 Å². The van der Waals surface area contributed by atoms with Crippen molar-refractivity contribution in [2.45, 2.75) is 19.6 Å². The summed E-state index contributed by atoms with van der Waals surface area (Å²) in [4.78, 5) is 25.1. The van der Waals surface area contributed by atoms with Crippen LogP contribution in [0.3, 0.4) is 0 Å². The van der Waals surface area contributed by atoms with Crippen LogP contribution in [0.5, 0.6) is 5.88 Å². The highest BCUT2D eigenvalue weighted by atomic mass is 32.1. The normalized spacial score (nSPS) is 12.5. The highest BCUT2D eigenvalue weighted by Gasteiger charge is 2.24. The molecule has 0 unspecified atom stereocenters. The Morgan fingerprint density at radius 1 is 1.12 bits per heavy atom. The van der Waals surface area contributed by atoms with E-state index in [4.69, 9.17) is 4.74 Å². The Labute approximate surface area is 194 Å². The number of para-hydroxylation sites is 1. The molecule has 0 fully saturated rings. The van der Waals surface area contributed by atoms with Crippen molar-refractivity contribution in [3.8, 4) is 5.88 Å². The Balaban J connectivity index is 1.41. The van der Waals surface area contributed by atoms with E-state index < -0.39 is 0 Å². The monoisotopic (exact) mass is 460 g/mol. The largest absolute Gasteiger partial charge is 0.472 e. The third-order valence-corrected chi connectivity index (χ3v) is 6.28. The van der Waals surface area contributed by atoms with Gasteiger partial charge in [-0.2, -0.15) is 4.98 Å². The van der Waals surface area contributed by atoms with E-state index in [1.165, 1.54) is 23.9 Å². The maximum atomic E-state index is 13.2. The van der Waals surface area contributed by atoms with Crippen molar-refractivity contribution in [3.63, 3.8) is 0 Å². The number of ether oxygens (including phenoxy) is 1. The second-order valence-electron chi connectivity index (χ2n) is 7.60. The molecule has 1 aliphatic heterocycles. The number of rotatable bonds is 7. The minimum atomic E-state index is -0.315. The summed E-state index contributed by atoms with van der Waals surface area (Å²) in [6.45, 7) is 1.31. The first-order valence-corrected chi connectivity index (χ1v) is 11.5. The van der Waals surface area contributed by atoms with Gasteiger partial charge in [0.05, 0.1) is 6.54 Å². The predicted molar refractivity (Wildman–Crippen MR) is 125 cm³/mol. The van der Waals surface area contributed by atoms with E-state index in [9.17, 15) is 9.18 Å². The van der Waals surface area contributed by atoms with Crippen molar-refractivity contribution in [1.29, 1.82) is 0 Å². The fourth-order valence-corrected chi connectivity index (χ4v) is 4.35. The lowest BCUT2D eigenvalue weighted by Gasteiger charge is -2.19. The van der Waals surface area contributed by atoms with Crippen LogP contribution >= 0.6 is 11.3 Å². The van der Waals surface area contributed by atoms with E-state index in [1.54, 1.807) is 23.5 Å². The third-order valence-electron chi connectivity index (χ3n) is 5.41. The summed E-state index contributed by atoms with van der Waals surface area (Å²) < 4.78 is 19.2. The second kappa shape index (κ2) is 9.38. The molecule has 0 saturated heterocycles. The number of fused-ring (bicyclic) bond motifs is 1. The van der Waals surface area contributed by atoms with Crippen LogP contribution in [0.25, 0.3) is 0 Å². The number of anilines is 2. The van der Waals surface area contributed by atoms with Gasteiger partial charge in [-0.05, 0) is 47.2 Å².